The van der Waals surface area contributed by atoms with Crippen LogP contribution in [0.25, 0.3) is 0 Å². The van der Waals surface area contributed by atoms with E-state index >= 15 is 0 Å². The lowest BCUT2D eigenvalue weighted by atomic mass is 9.85. The molecule has 0 N–H and O–H groups in total. The number of imide groups is 1. The highest BCUT2D eigenvalue weighted by atomic mass is 35.5. The van der Waals surface area contributed by atoms with E-state index in [-0.39, 0.29) is 40.0 Å². The Balaban J connectivity index is 1.79. The zero-order valence-electron chi connectivity index (χ0n) is 13.6. The predicted octanol–water partition coefficient (Wildman–Crippen LogP) is 3.51. The third kappa shape index (κ3) is 2.03. The average Bonchev–Trinajstić information content (AvgIpc) is 3.18. The van der Waals surface area contributed by atoms with Gasteiger partial charge in [-0.15, -0.1) is 0 Å². The first-order valence-corrected chi connectivity index (χ1v) is 8.38. The van der Waals surface area contributed by atoms with Gasteiger partial charge < -0.3 is 0 Å². The zero-order chi connectivity index (χ0) is 18.0. The monoisotopic (exact) mass is 358 g/mol. The molecule has 3 aliphatic rings. The van der Waals surface area contributed by atoms with Gasteiger partial charge in [0.15, 0.2) is 0 Å². The fourth-order valence-electron chi connectivity index (χ4n) is 4.45. The second-order valence-corrected chi connectivity index (χ2v) is 7.26. The van der Waals surface area contributed by atoms with Gasteiger partial charge >= 0.3 is 0 Å². The Morgan fingerprint density at radius 2 is 1.68 bits per heavy atom. The third-order valence-corrected chi connectivity index (χ3v) is 5.69. The van der Waals surface area contributed by atoms with Gasteiger partial charge in [-0.3, -0.25) is 19.7 Å². The summed E-state index contributed by atoms with van der Waals surface area (Å²) >= 11 is 6.14. The molecule has 4 rings (SSSR count). The van der Waals surface area contributed by atoms with E-state index in [0.717, 1.165) is 16.0 Å². The molecule has 0 unspecified atom stereocenters. The Labute approximate surface area is 148 Å². The fourth-order valence-corrected chi connectivity index (χ4v) is 4.66. The van der Waals surface area contributed by atoms with Crippen LogP contribution in [0, 0.1) is 33.8 Å². The average molecular weight is 359 g/mol. The van der Waals surface area contributed by atoms with Crippen LogP contribution >= 0.6 is 11.6 Å². The van der Waals surface area contributed by atoms with E-state index in [1.807, 2.05) is 26.0 Å². The number of nitrogens with zero attached hydrogens (tertiary/aromatic N) is 2. The van der Waals surface area contributed by atoms with Crippen molar-refractivity contribution in [2.45, 2.75) is 13.8 Å². The van der Waals surface area contributed by atoms with Crippen molar-refractivity contribution in [2.75, 3.05) is 4.90 Å². The molecule has 6 nitrogen and oxygen atoms in total. The van der Waals surface area contributed by atoms with Crippen molar-refractivity contribution in [2.24, 2.45) is 23.7 Å². The summed E-state index contributed by atoms with van der Waals surface area (Å²) in [4.78, 5) is 37.5. The minimum absolute atomic E-state index is 0.0704. The van der Waals surface area contributed by atoms with Crippen LogP contribution in [0.3, 0.4) is 0 Å². The number of nitro benzene ring substituents is 1. The van der Waals surface area contributed by atoms with Crippen LogP contribution in [0.2, 0.25) is 5.02 Å². The number of allylic oxidation sites excluding steroid dienone is 4. The largest absolute Gasteiger partial charge is 0.274 e. The smallest absolute Gasteiger partial charge is 0.271 e. The van der Waals surface area contributed by atoms with Crippen LogP contribution in [-0.4, -0.2) is 16.7 Å². The molecule has 0 aromatic heterocycles. The van der Waals surface area contributed by atoms with Gasteiger partial charge in [0.2, 0.25) is 11.8 Å². The van der Waals surface area contributed by atoms with Crippen molar-refractivity contribution in [3.05, 3.63) is 56.6 Å². The fraction of sp³-hybridized carbons (Fsp3) is 0.333. The molecule has 1 aromatic carbocycles. The van der Waals surface area contributed by atoms with Gasteiger partial charge in [0, 0.05) is 24.0 Å². The number of hydrogen-bond donors (Lipinski definition) is 0. The Kier molecular flexibility index (Phi) is 3.37. The van der Waals surface area contributed by atoms with Crippen LogP contribution in [0.15, 0.2) is 41.5 Å². The molecule has 7 heteroatoms. The van der Waals surface area contributed by atoms with E-state index in [1.54, 1.807) is 0 Å². The van der Waals surface area contributed by atoms with E-state index in [4.69, 9.17) is 11.6 Å². The van der Waals surface area contributed by atoms with Crippen LogP contribution < -0.4 is 4.90 Å². The molecule has 2 aliphatic carbocycles. The highest BCUT2D eigenvalue weighted by Crippen LogP contribution is 2.57. The third-order valence-electron chi connectivity index (χ3n) is 5.37. The molecule has 1 saturated heterocycles. The number of non-ortho nitro benzene ring substituents is 1. The second kappa shape index (κ2) is 5.26. The quantitative estimate of drug-likeness (QED) is 0.350. The summed E-state index contributed by atoms with van der Waals surface area (Å²) in [6, 6.07) is 3.79. The van der Waals surface area contributed by atoms with Crippen molar-refractivity contribution < 1.29 is 14.5 Å². The summed E-state index contributed by atoms with van der Waals surface area (Å²) in [6.07, 6.45) is 4.00. The highest BCUT2D eigenvalue weighted by Gasteiger charge is 2.62. The molecule has 0 spiro atoms. The van der Waals surface area contributed by atoms with Crippen LogP contribution in [0.4, 0.5) is 11.4 Å². The summed E-state index contributed by atoms with van der Waals surface area (Å²) in [6.45, 7) is 3.99. The lowest BCUT2D eigenvalue weighted by molar-refractivity contribution is -0.384. The first-order chi connectivity index (χ1) is 11.8. The Bertz CT molecular complexity index is 866. The molecular weight excluding hydrogens is 344 g/mol. The molecule has 25 heavy (non-hydrogen) atoms. The van der Waals surface area contributed by atoms with Gasteiger partial charge in [0.05, 0.1) is 27.5 Å². The standard InChI is InChI=1S/C18H15ClN2O4/c1-8(2)14-10-4-5-11(14)16-15(10)17(22)20(18(16)23)13-7-9(21(24)25)3-6-12(13)19/h3-7,10-11,15-16H,1-2H3/t10-,11-,15-,16-/m1/s1. The maximum Gasteiger partial charge on any atom is 0.271 e. The van der Waals surface area contributed by atoms with E-state index < -0.39 is 16.8 Å². The number of amides is 2. The molecule has 1 heterocycles. The van der Waals surface area contributed by atoms with Gasteiger partial charge in [0.25, 0.3) is 5.69 Å². The minimum atomic E-state index is -0.571. The first kappa shape index (κ1) is 16.0. The predicted molar refractivity (Wildman–Crippen MR) is 92.1 cm³/mol. The summed E-state index contributed by atoms with van der Waals surface area (Å²) in [7, 11) is 0. The topological polar surface area (TPSA) is 80.5 Å². The van der Waals surface area contributed by atoms with Crippen molar-refractivity contribution in [3.63, 3.8) is 0 Å². The first-order valence-electron chi connectivity index (χ1n) is 8.00. The summed E-state index contributed by atoms with van der Waals surface area (Å²) in [5, 5.41) is 11.2. The number of anilines is 1. The van der Waals surface area contributed by atoms with E-state index in [1.165, 1.54) is 18.2 Å². The van der Waals surface area contributed by atoms with Crippen molar-refractivity contribution in [1.82, 2.24) is 0 Å². The number of hydrogen-bond acceptors (Lipinski definition) is 4. The lowest BCUT2D eigenvalue weighted by Crippen LogP contribution is -2.33. The number of fused-ring (bicyclic) bond motifs is 5. The number of nitro groups is 1. The molecule has 4 atom stereocenters. The van der Waals surface area contributed by atoms with Crippen LogP contribution in [0.5, 0.6) is 0 Å². The summed E-state index contributed by atoms with van der Waals surface area (Å²) < 4.78 is 0. The van der Waals surface area contributed by atoms with Crippen LogP contribution in [0.1, 0.15) is 13.8 Å². The molecule has 1 aromatic rings. The number of rotatable bonds is 2. The molecule has 2 bridgehead atoms. The number of carbonyl (C=O) groups excluding carboxylic acids is 2. The Hall–Kier alpha value is -2.47. The van der Waals surface area contributed by atoms with Gasteiger partial charge in [0.1, 0.15) is 0 Å². The van der Waals surface area contributed by atoms with Crippen molar-refractivity contribution >= 4 is 34.8 Å². The number of carbonyl (C=O) groups is 2. The Morgan fingerprint density at radius 3 is 2.16 bits per heavy atom. The van der Waals surface area contributed by atoms with Crippen molar-refractivity contribution in [3.8, 4) is 0 Å². The molecule has 2 amide bonds. The van der Waals surface area contributed by atoms with Gasteiger partial charge in [-0.2, -0.15) is 0 Å². The van der Waals surface area contributed by atoms with E-state index in [0.29, 0.717) is 0 Å². The maximum atomic E-state index is 13.0. The normalized spacial score (nSPS) is 29.6. The van der Waals surface area contributed by atoms with Crippen LogP contribution in [-0.2, 0) is 9.59 Å². The summed E-state index contributed by atoms with van der Waals surface area (Å²) in [5.74, 6) is -1.68. The number of halogens is 1. The van der Waals surface area contributed by atoms with Gasteiger partial charge in [-0.05, 0) is 19.9 Å². The van der Waals surface area contributed by atoms with Gasteiger partial charge in [-0.1, -0.05) is 34.9 Å². The van der Waals surface area contributed by atoms with Gasteiger partial charge in [-0.25, -0.2) is 4.90 Å². The Morgan fingerprint density at radius 1 is 1.12 bits per heavy atom. The lowest BCUT2D eigenvalue weighted by Gasteiger charge is -2.20. The molecule has 1 saturated carbocycles. The SMILES string of the molecule is CC(C)=C1[C@H]2C=C[C@H]1[C@H]1C(=O)N(c3cc([N+](=O)[O-])ccc3Cl)C(=O)[C@@H]12. The number of benzene rings is 1. The highest BCUT2D eigenvalue weighted by molar-refractivity contribution is 6.36. The van der Waals surface area contributed by atoms with E-state index in [2.05, 4.69) is 0 Å². The minimum Gasteiger partial charge on any atom is -0.274 e. The summed E-state index contributed by atoms with van der Waals surface area (Å²) in [5.41, 5.74) is 2.18. The van der Waals surface area contributed by atoms with Crippen molar-refractivity contribution in [1.29, 1.82) is 0 Å². The zero-order valence-corrected chi connectivity index (χ0v) is 14.4. The second-order valence-electron chi connectivity index (χ2n) is 6.85. The molecule has 128 valence electrons. The molecule has 0 radical (unpaired) electrons. The van der Waals surface area contributed by atoms with E-state index in [9.17, 15) is 19.7 Å². The maximum absolute atomic E-state index is 13.0. The molecular formula is C18H15ClN2O4. The molecule has 1 aliphatic heterocycles. The molecule has 2 fully saturated rings.